The zero-order chi connectivity index (χ0) is 19.9. The monoisotopic (exact) mass is 389 g/mol. The van der Waals surface area contributed by atoms with E-state index in [-0.39, 0.29) is 17.9 Å². The van der Waals surface area contributed by atoms with Gasteiger partial charge < -0.3 is 24.5 Å². The standard InChI is InChI=1S/C20H27N3O5/c1-14-12-18(28-22-14)20(25)23-9-6-16(7-10-23)27-17-5-3-4-15(13-17)19(24)21-8-11-26-2/h3-5,13,16,18H,6-12H2,1-2H3,(H,21,24)/t18-/m1/s1. The Morgan fingerprint density at radius 1 is 1.32 bits per heavy atom. The maximum atomic E-state index is 12.5. The van der Waals surface area contributed by atoms with Crippen molar-refractivity contribution in [1.82, 2.24) is 10.2 Å². The van der Waals surface area contributed by atoms with Crippen LogP contribution < -0.4 is 10.1 Å². The van der Waals surface area contributed by atoms with E-state index in [2.05, 4.69) is 10.5 Å². The molecular weight excluding hydrogens is 362 g/mol. The average molecular weight is 389 g/mol. The van der Waals surface area contributed by atoms with E-state index in [1.807, 2.05) is 17.9 Å². The molecule has 0 saturated carbocycles. The van der Waals surface area contributed by atoms with Crippen LogP contribution in [0.15, 0.2) is 29.4 Å². The zero-order valence-corrected chi connectivity index (χ0v) is 16.3. The number of rotatable bonds is 7. The molecule has 2 heterocycles. The summed E-state index contributed by atoms with van der Waals surface area (Å²) < 4.78 is 11.0. The number of nitrogens with one attached hydrogen (secondary N) is 1. The third-order valence-corrected chi connectivity index (χ3v) is 4.84. The van der Waals surface area contributed by atoms with Gasteiger partial charge in [0.05, 0.1) is 12.3 Å². The first kappa shape index (κ1) is 20.1. The van der Waals surface area contributed by atoms with E-state index in [0.29, 0.717) is 44.0 Å². The van der Waals surface area contributed by atoms with Gasteiger partial charge in [-0.25, -0.2) is 0 Å². The molecule has 1 aromatic rings. The van der Waals surface area contributed by atoms with Gasteiger partial charge in [0.2, 0.25) is 6.10 Å². The molecule has 0 aromatic heterocycles. The van der Waals surface area contributed by atoms with E-state index in [0.717, 1.165) is 18.6 Å². The highest BCUT2D eigenvalue weighted by atomic mass is 16.6. The number of likely N-dealkylation sites (tertiary alicyclic amines) is 1. The first-order valence-corrected chi connectivity index (χ1v) is 9.58. The zero-order valence-electron chi connectivity index (χ0n) is 16.3. The molecule has 28 heavy (non-hydrogen) atoms. The molecule has 1 aromatic carbocycles. The van der Waals surface area contributed by atoms with Crippen LogP contribution in [0.25, 0.3) is 0 Å². The number of piperidine rings is 1. The molecular formula is C20H27N3O5. The number of hydrogen-bond donors (Lipinski definition) is 1. The minimum atomic E-state index is -0.481. The van der Waals surface area contributed by atoms with Crippen molar-refractivity contribution in [3.63, 3.8) is 0 Å². The van der Waals surface area contributed by atoms with Crippen LogP contribution in [0.5, 0.6) is 5.75 Å². The molecule has 1 fully saturated rings. The first-order chi connectivity index (χ1) is 13.6. The molecule has 2 aliphatic rings. The number of amides is 2. The summed E-state index contributed by atoms with van der Waals surface area (Å²) in [5.41, 5.74) is 1.40. The molecule has 1 atom stereocenters. The Hall–Kier alpha value is -2.61. The molecule has 0 bridgehead atoms. The Labute approximate surface area is 164 Å². The lowest BCUT2D eigenvalue weighted by Crippen LogP contribution is -2.46. The number of carbonyl (C=O) groups is 2. The van der Waals surface area contributed by atoms with Gasteiger partial charge in [-0.1, -0.05) is 11.2 Å². The van der Waals surface area contributed by atoms with Crippen LogP contribution in [-0.2, 0) is 14.4 Å². The van der Waals surface area contributed by atoms with Crippen molar-refractivity contribution in [3.05, 3.63) is 29.8 Å². The van der Waals surface area contributed by atoms with E-state index in [9.17, 15) is 9.59 Å². The Balaban J connectivity index is 1.47. The van der Waals surface area contributed by atoms with E-state index in [1.54, 1.807) is 25.3 Å². The van der Waals surface area contributed by atoms with Gasteiger partial charge in [0.1, 0.15) is 11.9 Å². The number of methoxy groups -OCH3 is 1. The Morgan fingerprint density at radius 3 is 2.79 bits per heavy atom. The van der Waals surface area contributed by atoms with E-state index < -0.39 is 6.10 Å². The van der Waals surface area contributed by atoms with Crippen molar-refractivity contribution in [1.29, 1.82) is 0 Å². The quantitative estimate of drug-likeness (QED) is 0.716. The predicted octanol–water partition coefficient (Wildman–Crippen LogP) is 1.60. The van der Waals surface area contributed by atoms with Gasteiger partial charge >= 0.3 is 0 Å². The summed E-state index contributed by atoms with van der Waals surface area (Å²) in [7, 11) is 1.59. The van der Waals surface area contributed by atoms with Crippen LogP contribution in [0.1, 0.15) is 36.5 Å². The van der Waals surface area contributed by atoms with Crippen molar-refractivity contribution >= 4 is 17.5 Å². The molecule has 3 rings (SSSR count). The average Bonchev–Trinajstić information content (AvgIpc) is 3.15. The van der Waals surface area contributed by atoms with E-state index in [1.165, 1.54) is 0 Å². The van der Waals surface area contributed by atoms with Crippen LogP contribution in [0.3, 0.4) is 0 Å². The molecule has 8 heteroatoms. The van der Waals surface area contributed by atoms with Gasteiger partial charge in [0, 0.05) is 51.6 Å². The minimum Gasteiger partial charge on any atom is -0.490 e. The van der Waals surface area contributed by atoms with Crippen LogP contribution in [-0.4, -0.2) is 68.0 Å². The number of nitrogens with zero attached hydrogens (tertiary/aromatic N) is 2. The van der Waals surface area contributed by atoms with Crippen LogP contribution in [0, 0.1) is 0 Å². The number of benzene rings is 1. The maximum absolute atomic E-state index is 12.5. The summed E-state index contributed by atoms with van der Waals surface area (Å²) in [6.07, 6.45) is 1.57. The molecule has 0 radical (unpaired) electrons. The molecule has 0 spiro atoms. The lowest BCUT2D eigenvalue weighted by Gasteiger charge is -2.33. The predicted molar refractivity (Wildman–Crippen MR) is 103 cm³/mol. The summed E-state index contributed by atoms with van der Waals surface area (Å²) in [5, 5.41) is 6.65. The fourth-order valence-corrected chi connectivity index (χ4v) is 3.30. The smallest absolute Gasteiger partial charge is 0.266 e. The lowest BCUT2D eigenvalue weighted by molar-refractivity contribution is -0.143. The highest BCUT2D eigenvalue weighted by molar-refractivity contribution is 5.94. The van der Waals surface area contributed by atoms with Crippen LogP contribution in [0.4, 0.5) is 0 Å². The van der Waals surface area contributed by atoms with Gasteiger partial charge in [-0.15, -0.1) is 0 Å². The fraction of sp³-hybridized carbons (Fsp3) is 0.550. The first-order valence-electron chi connectivity index (χ1n) is 9.58. The number of ether oxygens (including phenoxy) is 2. The third kappa shape index (κ3) is 5.22. The lowest BCUT2D eigenvalue weighted by atomic mass is 10.1. The Kier molecular flexibility index (Phi) is 6.86. The second-order valence-electron chi connectivity index (χ2n) is 7.04. The summed E-state index contributed by atoms with van der Waals surface area (Å²) >= 11 is 0. The second-order valence-corrected chi connectivity index (χ2v) is 7.04. The van der Waals surface area contributed by atoms with Gasteiger partial charge in [-0.2, -0.15) is 0 Å². The summed E-state index contributed by atoms with van der Waals surface area (Å²) in [6, 6.07) is 7.14. The number of hydrogen-bond acceptors (Lipinski definition) is 6. The molecule has 0 aliphatic carbocycles. The summed E-state index contributed by atoms with van der Waals surface area (Å²) in [5.74, 6) is 0.498. The normalized spacial score (nSPS) is 19.7. The number of carbonyl (C=O) groups excluding carboxylic acids is 2. The Morgan fingerprint density at radius 2 is 2.11 bits per heavy atom. The van der Waals surface area contributed by atoms with Crippen LogP contribution >= 0.6 is 0 Å². The van der Waals surface area contributed by atoms with Crippen molar-refractivity contribution < 1.29 is 23.9 Å². The van der Waals surface area contributed by atoms with Crippen molar-refractivity contribution in [2.45, 2.75) is 38.4 Å². The SMILES string of the molecule is COCCNC(=O)c1cccc(OC2CCN(C(=O)[C@H]3CC(C)=NO3)CC2)c1. The van der Waals surface area contributed by atoms with Crippen molar-refractivity contribution in [2.75, 3.05) is 33.4 Å². The Bertz CT molecular complexity index is 728. The topological polar surface area (TPSA) is 89.5 Å². The van der Waals surface area contributed by atoms with Crippen molar-refractivity contribution in [2.24, 2.45) is 5.16 Å². The van der Waals surface area contributed by atoms with Gasteiger partial charge in [-0.05, 0) is 25.1 Å². The summed E-state index contributed by atoms with van der Waals surface area (Å²) in [6.45, 7) is 4.04. The molecule has 8 nitrogen and oxygen atoms in total. The van der Waals surface area contributed by atoms with Gasteiger partial charge in [0.25, 0.3) is 11.8 Å². The van der Waals surface area contributed by atoms with Gasteiger partial charge in [-0.3, -0.25) is 9.59 Å². The highest BCUT2D eigenvalue weighted by Gasteiger charge is 2.33. The molecule has 2 amide bonds. The maximum Gasteiger partial charge on any atom is 0.266 e. The van der Waals surface area contributed by atoms with E-state index >= 15 is 0 Å². The van der Waals surface area contributed by atoms with Gasteiger partial charge in [0.15, 0.2) is 0 Å². The molecule has 0 unspecified atom stereocenters. The van der Waals surface area contributed by atoms with Crippen molar-refractivity contribution in [3.8, 4) is 5.75 Å². The highest BCUT2D eigenvalue weighted by Crippen LogP contribution is 2.22. The van der Waals surface area contributed by atoms with E-state index in [4.69, 9.17) is 14.3 Å². The van der Waals surface area contributed by atoms with Crippen LogP contribution in [0.2, 0.25) is 0 Å². The molecule has 152 valence electrons. The largest absolute Gasteiger partial charge is 0.490 e. The fourth-order valence-electron chi connectivity index (χ4n) is 3.30. The molecule has 1 saturated heterocycles. The molecule has 1 N–H and O–H groups in total. The minimum absolute atomic E-state index is 0.00576. The third-order valence-electron chi connectivity index (χ3n) is 4.84. The number of oxime groups is 1. The summed E-state index contributed by atoms with van der Waals surface area (Å²) in [4.78, 5) is 31.6. The molecule has 2 aliphatic heterocycles. The second kappa shape index (κ2) is 9.54.